The van der Waals surface area contributed by atoms with Crippen LogP contribution in [0.3, 0.4) is 0 Å². The Bertz CT molecular complexity index is 837. The largest absolute Gasteiger partial charge is 0.302 e. The van der Waals surface area contributed by atoms with E-state index < -0.39 is 9.84 Å². The van der Waals surface area contributed by atoms with Crippen LogP contribution in [0.4, 0.5) is 5.13 Å². The minimum absolute atomic E-state index is 0.0134. The maximum atomic E-state index is 12.0. The van der Waals surface area contributed by atoms with Gasteiger partial charge in [-0.3, -0.25) is 4.79 Å². The zero-order valence-electron chi connectivity index (χ0n) is 11.4. The van der Waals surface area contributed by atoms with E-state index in [1.807, 2.05) is 25.1 Å². The molecule has 21 heavy (non-hydrogen) atoms. The van der Waals surface area contributed by atoms with Crippen molar-refractivity contribution in [3.63, 3.8) is 0 Å². The molecule has 1 unspecified atom stereocenters. The first-order valence-corrected chi connectivity index (χ1v) is 9.02. The van der Waals surface area contributed by atoms with E-state index in [-0.39, 0.29) is 24.0 Å². The lowest BCUT2D eigenvalue weighted by molar-refractivity contribution is -0.116. The smallest absolute Gasteiger partial charge is 0.226 e. The maximum Gasteiger partial charge on any atom is 0.226 e. The van der Waals surface area contributed by atoms with Crippen molar-refractivity contribution in [2.24, 2.45) is 5.92 Å². The highest BCUT2D eigenvalue weighted by atomic mass is 32.2. The first-order valence-electron chi connectivity index (χ1n) is 6.49. The Hall–Kier alpha value is -1.73. The number of aryl methyl sites for hydroxylation is 1. The number of rotatable bonds is 3. The van der Waals surface area contributed by atoms with E-state index in [0.29, 0.717) is 5.13 Å². The average Bonchev–Trinajstić information content (AvgIpc) is 2.91. The summed E-state index contributed by atoms with van der Waals surface area (Å²) in [6, 6.07) is 5.92. The number of fused-ring (bicyclic) bond motifs is 1. The zero-order chi connectivity index (χ0) is 15.0. The number of amides is 1. The molecule has 1 aromatic carbocycles. The van der Waals surface area contributed by atoms with Gasteiger partial charge in [0, 0.05) is 17.7 Å². The highest BCUT2D eigenvalue weighted by molar-refractivity contribution is 7.94. The van der Waals surface area contributed by atoms with Crippen LogP contribution < -0.4 is 5.32 Å². The molecule has 1 aromatic heterocycles. The van der Waals surface area contributed by atoms with Crippen molar-refractivity contribution in [1.82, 2.24) is 4.98 Å². The molecular formula is C14H14N2O3S2. The predicted octanol–water partition coefficient (Wildman–Crippen LogP) is 2.49. The summed E-state index contributed by atoms with van der Waals surface area (Å²) < 4.78 is 23.6. The molecule has 110 valence electrons. The number of hydrogen-bond donors (Lipinski definition) is 1. The van der Waals surface area contributed by atoms with Crippen LogP contribution in [-0.2, 0) is 14.6 Å². The molecule has 0 fully saturated rings. The Labute approximate surface area is 126 Å². The van der Waals surface area contributed by atoms with E-state index in [1.165, 1.54) is 16.7 Å². The van der Waals surface area contributed by atoms with Crippen molar-refractivity contribution in [3.8, 4) is 0 Å². The Morgan fingerprint density at radius 3 is 3.00 bits per heavy atom. The van der Waals surface area contributed by atoms with Crippen LogP contribution in [0.1, 0.15) is 12.0 Å². The highest BCUT2D eigenvalue weighted by Crippen LogP contribution is 2.27. The van der Waals surface area contributed by atoms with Crippen LogP contribution in [-0.4, -0.2) is 25.1 Å². The molecule has 1 N–H and O–H groups in total. The van der Waals surface area contributed by atoms with Gasteiger partial charge in [0.25, 0.3) is 0 Å². The molecular weight excluding hydrogens is 308 g/mol. The number of anilines is 1. The lowest BCUT2D eigenvalue weighted by Gasteiger charge is -2.05. The SMILES string of the molecule is Cc1ccc2nc(NC(=O)CC3C=CS(=O)(=O)C3)sc2c1. The summed E-state index contributed by atoms with van der Waals surface area (Å²) in [6.45, 7) is 2.00. The lowest BCUT2D eigenvalue weighted by Crippen LogP contribution is -2.17. The van der Waals surface area contributed by atoms with Gasteiger partial charge in [-0.05, 0) is 24.6 Å². The summed E-state index contributed by atoms with van der Waals surface area (Å²) in [5.41, 5.74) is 1.99. The van der Waals surface area contributed by atoms with Crippen LogP contribution in [0.15, 0.2) is 29.7 Å². The third-order valence-corrected chi connectivity index (χ3v) is 5.64. The van der Waals surface area contributed by atoms with Gasteiger partial charge in [-0.1, -0.05) is 23.5 Å². The van der Waals surface area contributed by atoms with Crippen molar-refractivity contribution in [3.05, 3.63) is 35.2 Å². The fourth-order valence-corrected chi connectivity index (χ4v) is 4.64. The minimum Gasteiger partial charge on any atom is -0.302 e. The van der Waals surface area contributed by atoms with Gasteiger partial charge in [-0.2, -0.15) is 0 Å². The number of thiazole rings is 1. The van der Waals surface area contributed by atoms with E-state index >= 15 is 0 Å². The van der Waals surface area contributed by atoms with Gasteiger partial charge < -0.3 is 5.32 Å². The van der Waals surface area contributed by atoms with E-state index in [4.69, 9.17) is 0 Å². The number of nitrogens with one attached hydrogen (secondary N) is 1. The summed E-state index contributed by atoms with van der Waals surface area (Å²) in [5.74, 6) is -0.441. The second-order valence-electron chi connectivity index (χ2n) is 5.16. The van der Waals surface area contributed by atoms with Gasteiger partial charge in [0.2, 0.25) is 5.91 Å². The standard InChI is InChI=1S/C14H14N2O3S2/c1-9-2-3-11-12(6-9)20-14(15-11)16-13(17)7-10-4-5-21(18,19)8-10/h2-6,10H,7-8H2,1H3,(H,15,16,17). The van der Waals surface area contributed by atoms with Crippen molar-refractivity contribution in [2.75, 3.05) is 11.1 Å². The van der Waals surface area contributed by atoms with Crippen molar-refractivity contribution < 1.29 is 13.2 Å². The summed E-state index contributed by atoms with van der Waals surface area (Å²) in [4.78, 5) is 16.3. The number of hydrogen-bond acceptors (Lipinski definition) is 5. The van der Waals surface area contributed by atoms with Gasteiger partial charge in [0.15, 0.2) is 15.0 Å². The molecule has 0 saturated carbocycles. The molecule has 1 aliphatic heterocycles. The number of nitrogens with zero attached hydrogens (tertiary/aromatic N) is 1. The van der Waals surface area contributed by atoms with Gasteiger partial charge in [-0.25, -0.2) is 13.4 Å². The van der Waals surface area contributed by atoms with Gasteiger partial charge in [0.05, 0.1) is 16.0 Å². The molecule has 2 aromatic rings. The molecule has 1 atom stereocenters. The fourth-order valence-electron chi connectivity index (χ4n) is 2.26. The Morgan fingerprint density at radius 1 is 1.48 bits per heavy atom. The highest BCUT2D eigenvalue weighted by Gasteiger charge is 2.24. The van der Waals surface area contributed by atoms with Crippen LogP contribution in [0.5, 0.6) is 0 Å². The monoisotopic (exact) mass is 322 g/mol. The number of carbonyl (C=O) groups excluding carboxylic acids is 1. The van der Waals surface area contributed by atoms with E-state index in [0.717, 1.165) is 15.8 Å². The normalized spacial score (nSPS) is 20.0. The third kappa shape index (κ3) is 3.30. The van der Waals surface area contributed by atoms with Crippen LogP contribution in [0.2, 0.25) is 0 Å². The molecule has 1 aliphatic rings. The Kier molecular flexibility index (Phi) is 3.54. The molecule has 0 spiro atoms. The summed E-state index contributed by atoms with van der Waals surface area (Å²) in [5, 5.41) is 4.48. The number of aromatic nitrogens is 1. The number of benzene rings is 1. The zero-order valence-corrected chi connectivity index (χ0v) is 13.0. The first kappa shape index (κ1) is 14.2. The second kappa shape index (κ2) is 5.23. The molecule has 3 rings (SSSR count). The summed E-state index contributed by atoms with van der Waals surface area (Å²) in [6.07, 6.45) is 1.74. The maximum absolute atomic E-state index is 12.0. The molecule has 0 bridgehead atoms. The molecule has 1 amide bonds. The van der Waals surface area contributed by atoms with Crippen LogP contribution in [0.25, 0.3) is 10.2 Å². The predicted molar refractivity (Wildman–Crippen MR) is 84.0 cm³/mol. The van der Waals surface area contributed by atoms with Gasteiger partial charge >= 0.3 is 0 Å². The number of allylic oxidation sites excluding steroid dienone is 1. The Morgan fingerprint density at radius 2 is 2.29 bits per heavy atom. The van der Waals surface area contributed by atoms with Crippen LogP contribution in [0, 0.1) is 12.8 Å². The van der Waals surface area contributed by atoms with Crippen LogP contribution >= 0.6 is 11.3 Å². The van der Waals surface area contributed by atoms with E-state index in [9.17, 15) is 13.2 Å². The topological polar surface area (TPSA) is 76.1 Å². The number of sulfone groups is 1. The third-order valence-electron chi connectivity index (χ3n) is 3.24. The average molecular weight is 322 g/mol. The summed E-state index contributed by atoms with van der Waals surface area (Å²) in [7, 11) is -3.11. The van der Waals surface area contributed by atoms with Gasteiger partial charge in [-0.15, -0.1) is 0 Å². The molecule has 7 heteroatoms. The minimum atomic E-state index is -3.11. The van der Waals surface area contributed by atoms with Crippen molar-refractivity contribution in [2.45, 2.75) is 13.3 Å². The number of carbonyl (C=O) groups is 1. The fraction of sp³-hybridized carbons (Fsp3) is 0.286. The quantitative estimate of drug-likeness (QED) is 0.942. The molecule has 2 heterocycles. The molecule has 0 aliphatic carbocycles. The lowest BCUT2D eigenvalue weighted by atomic mass is 10.1. The van der Waals surface area contributed by atoms with E-state index in [1.54, 1.807) is 6.08 Å². The van der Waals surface area contributed by atoms with Crippen molar-refractivity contribution >= 4 is 42.4 Å². The first-order chi connectivity index (χ1) is 9.91. The van der Waals surface area contributed by atoms with E-state index in [2.05, 4.69) is 10.3 Å². The van der Waals surface area contributed by atoms with Gasteiger partial charge in [0.1, 0.15) is 0 Å². The summed E-state index contributed by atoms with van der Waals surface area (Å²) >= 11 is 1.42. The molecule has 5 nitrogen and oxygen atoms in total. The molecule has 0 saturated heterocycles. The second-order valence-corrected chi connectivity index (χ2v) is 8.12. The Balaban J connectivity index is 1.68. The molecule has 0 radical (unpaired) electrons. The van der Waals surface area contributed by atoms with Crippen molar-refractivity contribution in [1.29, 1.82) is 0 Å².